The molecule has 6 rings (SSSR count). The third-order valence-corrected chi connectivity index (χ3v) is 18.4. The van der Waals surface area contributed by atoms with Crippen molar-refractivity contribution in [2.75, 3.05) is 64.1 Å². The average Bonchev–Trinajstić information content (AvgIpc) is 1.73. The zero-order valence-electron chi connectivity index (χ0n) is 42.6. The van der Waals surface area contributed by atoms with Gasteiger partial charge in [0.1, 0.15) is 72.2 Å². The van der Waals surface area contributed by atoms with Crippen molar-refractivity contribution in [2.24, 2.45) is 11.5 Å². The van der Waals surface area contributed by atoms with Crippen LogP contribution in [0.15, 0.2) is 12.7 Å². The smallest absolute Gasteiger partial charge is 0.305 e. The van der Waals surface area contributed by atoms with Crippen LogP contribution in [0.4, 0.5) is 11.9 Å². The van der Waals surface area contributed by atoms with E-state index in [4.69, 9.17) is 81.2 Å². The number of hydrogen-bond acceptors (Lipinski definition) is 38. The van der Waals surface area contributed by atoms with Crippen molar-refractivity contribution in [3.63, 3.8) is 0 Å². The fourth-order valence-electron chi connectivity index (χ4n) is 7.17. The molecule has 0 radical (unpaired) electrons. The first-order valence-corrected chi connectivity index (χ1v) is 32.6. The molecule has 492 valence electrons. The number of aliphatic carboxylic acids is 1. The molecule has 2 saturated heterocycles. The Morgan fingerprint density at radius 2 is 1.05 bits per heavy atom. The van der Waals surface area contributed by atoms with Crippen LogP contribution in [0.3, 0.4) is 0 Å². The molecule has 9 unspecified atom stereocenters. The Bertz CT molecular complexity index is 3530. The second-order valence-electron chi connectivity index (χ2n) is 16.8. The summed E-state index contributed by atoms with van der Waals surface area (Å²) in [4.78, 5) is 153. The number of aliphatic hydroxyl groups excluding tert-OH is 2. The minimum atomic E-state index is -6.21. The van der Waals surface area contributed by atoms with Crippen molar-refractivity contribution in [3.05, 3.63) is 21.9 Å². The minimum absolute atomic E-state index is 0. The van der Waals surface area contributed by atoms with Gasteiger partial charge in [0.15, 0.2) is 33.6 Å². The fraction of sp³-hybridized carbons (Fsp3) is 0.576. The highest BCUT2D eigenvalue weighted by Gasteiger charge is 2.49. The van der Waals surface area contributed by atoms with Crippen LogP contribution >= 0.6 is 71.4 Å². The average molecular weight is 1400 g/mol. The van der Waals surface area contributed by atoms with Crippen LogP contribution in [-0.2, 0) is 91.8 Å². The summed E-state index contributed by atoms with van der Waals surface area (Å²) in [6, 6.07) is -1.32. The number of aliphatic hydroxyl groups is 2. The Hall–Kier alpha value is -4.48. The van der Waals surface area contributed by atoms with E-state index >= 15 is 0 Å². The van der Waals surface area contributed by atoms with E-state index in [2.05, 4.69) is 72.1 Å². The van der Waals surface area contributed by atoms with Gasteiger partial charge < -0.3 is 131 Å². The normalized spacial score (nSPS) is 24.7. The number of anilines is 2. The summed E-state index contributed by atoms with van der Waals surface area (Å²) in [6.07, 6.45) is -10.7. The van der Waals surface area contributed by atoms with Gasteiger partial charge in [-0.15, -0.1) is 0 Å². The van der Waals surface area contributed by atoms with Crippen LogP contribution in [0.1, 0.15) is 26.3 Å². The number of ether oxygens (including phenoxy) is 4. The molecular formula is C33H51N15O31P6S2-6. The number of aromatic nitrogens is 8. The van der Waals surface area contributed by atoms with E-state index in [0.29, 0.717) is 0 Å². The monoisotopic (exact) mass is 1400 g/mol. The molecule has 4 aromatic heterocycles. The number of nitrogens with zero attached hydrogens (tertiary/aromatic N) is 6. The van der Waals surface area contributed by atoms with Crippen LogP contribution in [0.25, 0.3) is 22.3 Å². The summed E-state index contributed by atoms with van der Waals surface area (Å²) in [5.74, 6) is -3.73. The first-order chi connectivity index (χ1) is 39.7. The number of carbonyl (C=O) groups is 4. The first-order valence-electron chi connectivity index (χ1n) is 23.0. The highest BCUT2D eigenvalue weighted by molar-refractivity contribution is 7.71. The standard InChI is InChI=1S/C18H29N8O17P3S.C14H24N7O14P3S.CH4/c19-7(3-10(28)29)15(31)22-2-1-21-9(27)5-39-13-12(30)8(4-40-45(35,36)43-46(37,38)42-44(32,33)34)41-17(13)26-6-23-11-14(26)24-18(20)25-16(11)47;15-1-2-17-7(22)4-31-10-9(23)6(3-32-37(27,28)35-38(29,30)34-36(24,25)26)33-13(10)21-5-18-8-11(21)19-14(16)20-12(8)39;/h6-8,12-13,17,30H,1-5,19H2,(H,21,27)(H,22,31)(H,28,29)(H,35,36)(H,37,38)(H2,32,33,34)(H3,20,24,25,47);5-6,9-10,13,23H,1-4,15H2,(H,17,22)(H,27,28)(H,29,30)(H2,24,25,26)(H3,16,19,20,39);1H4/p-6/t7?,8-,12?,13+,17-;6-,9?,10+,13-;/m11./s1. The lowest BCUT2D eigenvalue weighted by atomic mass is 10.1. The van der Waals surface area contributed by atoms with E-state index in [0.717, 1.165) is 6.33 Å². The number of carboxylic acid groups (broad SMARTS) is 1. The molecule has 3 amide bonds. The van der Waals surface area contributed by atoms with Gasteiger partial charge >= 0.3 is 5.97 Å². The first kappa shape index (κ1) is 75.0. The van der Waals surface area contributed by atoms with E-state index in [1.807, 2.05) is 0 Å². The molecule has 0 bridgehead atoms. The summed E-state index contributed by atoms with van der Waals surface area (Å²) in [5.41, 5.74) is 22.7. The maximum atomic E-state index is 12.4. The summed E-state index contributed by atoms with van der Waals surface area (Å²) < 4.78 is 115. The summed E-state index contributed by atoms with van der Waals surface area (Å²) >= 11 is 10.2. The zero-order chi connectivity index (χ0) is 64.5. The number of rotatable bonds is 30. The molecular weight excluding hydrogens is 1350 g/mol. The van der Waals surface area contributed by atoms with E-state index in [1.54, 1.807) is 0 Å². The molecule has 46 nitrogen and oxygen atoms in total. The molecule has 18 N–H and O–H groups in total. The van der Waals surface area contributed by atoms with E-state index in [1.165, 1.54) is 15.5 Å². The van der Waals surface area contributed by atoms with Crippen LogP contribution in [0, 0.1) is 9.28 Å². The number of carboxylic acids is 1. The topological polar surface area (TPSA) is 736 Å². The third-order valence-electron chi connectivity index (χ3n) is 10.5. The number of phosphoric acid groups is 6. The van der Waals surface area contributed by atoms with Gasteiger partial charge in [-0.1, -0.05) is 31.9 Å². The molecule has 0 spiro atoms. The molecule has 0 aliphatic carbocycles. The Kier molecular flexibility index (Phi) is 26.7. The number of nitrogens with one attached hydrogen (secondary N) is 5. The van der Waals surface area contributed by atoms with Gasteiger partial charge in [-0.3, -0.25) is 55.7 Å². The lowest BCUT2D eigenvalue weighted by molar-refractivity contribution is -0.254. The quantitative estimate of drug-likeness (QED) is 0.0131. The zero-order valence-corrected chi connectivity index (χ0v) is 49.6. The van der Waals surface area contributed by atoms with Gasteiger partial charge in [-0.2, -0.15) is 0 Å². The van der Waals surface area contributed by atoms with Crippen molar-refractivity contribution >= 4 is 129 Å². The largest absolute Gasteiger partial charge is 0.756 e. The Morgan fingerprint density at radius 1 is 0.667 bits per heavy atom. The number of nitrogen functional groups attached to an aromatic ring is 2. The van der Waals surface area contributed by atoms with E-state index in [-0.39, 0.29) is 77.1 Å². The molecule has 2 aliphatic heterocycles. The molecule has 54 heteroatoms. The lowest BCUT2D eigenvalue weighted by Crippen LogP contribution is -2.45. The van der Waals surface area contributed by atoms with Crippen molar-refractivity contribution in [1.29, 1.82) is 0 Å². The Morgan fingerprint density at radius 3 is 1.41 bits per heavy atom. The van der Waals surface area contributed by atoms with Crippen LogP contribution in [-0.4, -0.2) is 183 Å². The molecule has 6 heterocycles. The van der Waals surface area contributed by atoms with Crippen molar-refractivity contribution < 1.29 is 146 Å². The van der Waals surface area contributed by atoms with Crippen molar-refractivity contribution in [1.82, 2.24) is 55.0 Å². The van der Waals surface area contributed by atoms with Gasteiger partial charge in [0.05, 0.1) is 38.3 Å². The summed E-state index contributed by atoms with van der Waals surface area (Å²) in [7, 11) is -36.1. The summed E-state index contributed by atoms with van der Waals surface area (Å²) in [6.45, 7) is -3.66. The minimum Gasteiger partial charge on any atom is -0.756 e. The second kappa shape index (κ2) is 31.0. The maximum Gasteiger partial charge on any atom is 0.305 e. The Labute approximate surface area is 495 Å². The predicted molar refractivity (Wildman–Crippen MR) is 275 cm³/mol. The molecule has 4 aromatic rings. The van der Waals surface area contributed by atoms with Gasteiger partial charge in [0.2, 0.25) is 17.7 Å². The third kappa shape index (κ3) is 22.8. The molecule has 0 aromatic carbocycles. The molecule has 87 heavy (non-hydrogen) atoms. The van der Waals surface area contributed by atoms with Gasteiger partial charge in [0, 0.05) is 26.2 Å². The Balaban J connectivity index is 0.000000374. The number of carbonyl (C=O) groups excluding carboxylic acids is 3. The molecule has 2 aliphatic rings. The van der Waals surface area contributed by atoms with Crippen molar-refractivity contribution in [3.8, 4) is 0 Å². The van der Waals surface area contributed by atoms with Gasteiger partial charge in [0.25, 0.3) is 46.9 Å². The molecule has 0 saturated carbocycles. The van der Waals surface area contributed by atoms with E-state index < -0.39 is 159 Å². The van der Waals surface area contributed by atoms with Crippen molar-refractivity contribution in [2.45, 2.75) is 69.0 Å². The number of H-pyrrole nitrogens is 2. The maximum absolute atomic E-state index is 12.4. The number of aromatic amines is 2. The number of phosphoric ester groups is 2. The van der Waals surface area contributed by atoms with Gasteiger partial charge in [-0.05, 0) is 0 Å². The highest BCUT2D eigenvalue weighted by atomic mass is 32.1. The molecule has 15 atom stereocenters. The number of nitrogens with two attached hydrogens (primary N) is 4. The lowest BCUT2D eigenvalue weighted by Gasteiger charge is -2.33. The fourth-order valence-corrected chi connectivity index (χ4v) is 13.5. The second-order valence-corrected chi connectivity index (χ2v) is 26.2. The number of fused-ring (bicyclic) bond motifs is 2. The summed E-state index contributed by atoms with van der Waals surface area (Å²) in [5, 5.41) is 37.6. The number of amides is 3. The molecule has 2 fully saturated rings. The SMILES string of the molecule is C.NCCNC(=O)CO[C@H]1C(O)[C@@H](COP(=O)([O-])OP(=O)([O-])OP(=O)([O-])O)O[C@H]1n1cnc2c(=S)nc(N)[nH]c21.Nc1nc(=S)c2ncn([C@@H]3O[C@H](COP(=O)([O-])OP(=O)([O-])OP(=O)([O-])O)C(O)[C@@H]3OCC(=O)NCCNC(=O)C(N)CC(=O)O)c2[nH]1. The highest BCUT2D eigenvalue weighted by Crippen LogP contribution is 2.62. The van der Waals surface area contributed by atoms with Gasteiger partial charge in [-0.25, -0.2) is 37.2 Å². The van der Waals surface area contributed by atoms with Crippen LogP contribution in [0.2, 0.25) is 0 Å². The predicted octanol–water partition coefficient (Wildman–Crippen LogP) is -7.93. The number of hydrogen-bond donors (Lipinski definition) is 14. The number of imidazole rings is 2. The van der Waals surface area contributed by atoms with Crippen LogP contribution < -0.4 is 68.2 Å². The van der Waals surface area contributed by atoms with Crippen LogP contribution in [0.5, 0.6) is 0 Å². The van der Waals surface area contributed by atoms with E-state index in [9.17, 15) is 86.1 Å².